The van der Waals surface area contributed by atoms with Gasteiger partial charge in [0.1, 0.15) is 23.1 Å². The van der Waals surface area contributed by atoms with E-state index >= 15 is 0 Å². The number of aliphatic hydroxyl groups excluding tert-OH is 1. The van der Waals surface area contributed by atoms with Crippen molar-refractivity contribution in [1.82, 2.24) is 25.5 Å². The molecule has 5 rings (SSSR count). The molecule has 3 aromatic heterocycles. The summed E-state index contributed by atoms with van der Waals surface area (Å²) in [6, 6.07) is 8.14. The molecule has 0 radical (unpaired) electrons. The molecule has 170 valence electrons. The quantitative estimate of drug-likeness (QED) is 0.430. The van der Waals surface area contributed by atoms with Gasteiger partial charge in [0.15, 0.2) is 0 Å². The van der Waals surface area contributed by atoms with Crippen LogP contribution in [-0.2, 0) is 6.54 Å². The lowest BCUT2D eigenvalue weighted by atomic mass is 10.0. The third-order valence-corrected chi connectivity index (χ3v) is 6.00. The molecule has 1 fully saturated rings. The van der Waals surface area contributed by atoms with Gasteiger partial charge in [0.2, 0.25) is 0 Å². The number of nitrogens with zero attached hydrogens (tertiary/aromatic N) is 4. The zero-order chi connectivity index (χ0) is 22.9. The summed E-state index contributed by atoms with van der Waals surface area (Å²) in [6.45, 7) is 1.89. The van der Waals surface area contributed by atoms with Gasteiger partial charge < -0.3 is 15.3 Å². The molecule has 9 heteroatoms. The van der Waals surface area contributed by atoms with Crippen molar-refractivity contribution in [1.29, 1.82) is 0 Å². The maximum absolute atomic E-state index is 14.8. The molecule has 0 atom stereocenters. The first-order valence-corrected chi connectivity index (χ1v) is 10.9. The molecule has 4 heterocycles. The third kappa shape index (κ3) is 4.17. The van der Waals surface area contributed by atoms with E-state index in [1.807, 2.05) is 12.1 Å². The van der Waals surface area contributed by atoms with E-state index in [0.29, 0.717) is 28.7 Å². The van der Waals surface area contributed by atoms with Gasteiger partial charge in [-0.25, -0.2) is 13.8 Å². The van der Waals surface area contributed by atoms with Gasteiger partial charge in [0.05, 0.1) is 29.1 Å². The van der Waals surface area contributed by atoms with Crippen LogP contribution in [0.3, 0.4) is 0 Å². The number of piperidine rings is 1. The van der Waals surface area contributed by atoms with E-state index in [9.17, 15) is 13.9 Å². The number of fused-ring (bicyclic) bond motifs is 1. The van der Waals surface area contributed by atoms with Crippen LogP contribution in [0.25, 0.3) is 33.4 Å². The minimum Gasteiger partial charge on any atom is -0.393 e. The van der Waals surface area contributed by atoms with Crippen molar-refractivity contribution in [3.63, 3.8) is 0 Å². The van der Waals surface area contributed by atoms with E-state index in [1.165, 1.54) is 18.3 Å². The predicted octanol–water partition coefficient (Wildman–Crippen LogP) is 3.65. The number of anilines is 1. The second kappa shape index (κ2) is 8.84. The highest BCUT2D eigenvalue weighted by Crippen LogP contribution is 2.32. The lowest BCUT2D eigenvalue weighted by molar-refractivity contribution is 0.145. The molecule has 3 N–H and O–H groups in total. The summed E-state index contributed by atoms with van der Waals surface area (Å²) in [5.74, 6) is -0.469. The van der Waals surface area contributed by atoms with Crippen LogP contribution in [0.1, 0.15) is 18.4 Å². The number of H-pyrrole nitrogens is 1. The number of benzene rings is 1. The zero-order valence-electron chi connectivity index (χ0n) is 18.1. The largest absolute Gasteiger partial charge is 0.393 e. The van der Waals surface area contributed by atoms with Crippen LogP contribution in [0.5, 0.6) is 0 Å². The Labute approximate surface area is 189 Å². The summed E-state index contributed by atoms with van der Waals surface area (Å²) >= 11 is 0. The fourth-order valence-electron chi connectivity index (χ4n) is 4.26. The van der Waals surface area contributed by atoms with E-state index in [-0.39, 0.29) is 17.4 Å². The standard InChI is InChI=1S/C24H24F2N6O/c1-27-11-14-8-18(25)23(19(26)9-14)20-10-17-21(13-28-20)30-31-24(17)15-2-3-22(29-12-15)32-6-4-16(33)5-7-32/h2-3,8-10,12-13,16,27,33H,4-7,11H2,1H3,(H,30,31). The van der Waals surface area contributed by atoms with Crippen molar-refractivity contribution in [2.24, 2.45) is 0 Å². The highest BCUT2D eigenvalue weighted by Gasteiger charge is 2.20. The van der Waals surface area contributed by atoms with Crippen LogP contribution in [-0.4, -0.2) is 51.5 Å². The number of hydrogen-bond donors (Lipinski definition) is 3. The lowest BCUT2D eigenvalue weighted by Crippen LogP contribution is -2.36. The van der Waals surface area contributed by atoms with Crippen molar-refractivity contribution in [2.75, 3.05) is 25.0 Å². The van der Waals surface area contributed by atoms with Gasteiger partial charge in [-0.1, -0.05) is 0 Å². The van der Waals surface area contributed by atoms with Crippen LogP contribution in [0, 0.1) is 11.6 Å². The Hall–Kier alpha value is -3.43. The van der Waals surface area contributed by atoms with Gasteiger partial charge in [-0.05, 0) is 55.8 Å². The second-order valence-electron chi connectivity index (χ2n) is 8.28. The molecule has 4 aromatic rings. The van der Waals surface area contributed by atoms with Crippen LogP contribution < -0.4 is 10.2 Å². The molecule has 1 saturated heterocycles. The maximum atomic E-state index is 14.8. The first kappa shape index (κ1) is 21.4. The first-order chi connectivity index (χ1) is 16.0. The number of aliphatic hydroxyl groups is 1. The molecular formula is C24H24F2N6O. The molecule has 1 aliphatic heterocycles. The van der Waals surface area contributed by atoms with Gasteiger partial charge in [-0.15, -0.1) is 0 Å². The van der Waals surface area contributed by atoms with Crippen LogP contribution >= 0.6 is 0 Å². The fourth-order valence-corrected chi connectivity index (χ4v) is 4.26. The monoisotopic (exact) mass is 450 g/mol. The number of aromatic amines is 1. The van der Waals surface area contributed by atoms with E-state index in [2.05, 4.69) is 30.4 Å². The van der Waals surface area contributed by atoms with Crippen molar-refractivity contribution in [3.8, 4) is 22.5 Å². The Bertz CT molecular complexity index is 1260. The summed E-state index contributed by atoms with van der Waals surface area (Å²) in [4.78, 5) is 11.0. The minimum absolute atomic E-state index is 0.162. The zero-order valence-corrected chi connectivity index (χ0v) is 18.1. The fraction of sp³-hybridized carbons (Fsp3) is 0.292. The minimum atomic E-state index is -0.658. The summed E-state index contributed by atoms with van der Waals surface area (Å²) in [7, 11) is 1.72. The maximum Gasteiger partial charge on any atom is 0.135 e. The van der Waals surface area contributed by atoms with E-state index in [1.54, 1.807) is 19.3 Å². The number of hydrogen-bond acceptors (Lipinski definition) is 6. The number of aromatic nitrogens is 4. The van der Waals surface area contributed by atoms with Gasteiger partial charge in [0, 0.05) is 36.8 Å². The summed E-state index contributed by atoms with van der Waals surface area (Å²) in [6.07, 6.45) is 4.48. The molecule has 1 aromatic carbocycles. The van der Waals surface area contributed by atoms with Crippen molar-refractivity contribution in [2.45, 2.75) is 25.5 Å². The summed E-state index contributed by atoms with van der Waals surface area (Å²) in [5, 5.41) is 20.6. The predicted molar refractivity (Wildman–Crippen MR) is 123 cm³/mol. The molecular weight excluding hydrogens is 426 g/mol. The highest BCUT2D eigenvalue weighted by atomic mass is 19.1. The van der Waals surface area contributed by atoms with Crippen LogP contribution in [0.4, 0.5) is 14.6 Å². The summed E-state index contributed by atoms with van der Waals surface area (Å²) in [5.41, 5.74) is 2.64. The van der Waals surface area contributed by atoms with Crippen LogP contribution in [0.15, 0.2) is 42.7 Å². The average Bonchev–Trinajstić information content (AvgIpc) is 3.23. The molecule has 0 bridgehead atoms. The first-order valence-electron chi connectivity index (χ1n) is 10.9. The third-order valence-electron chi connectivity index (χ3n) is 6.00. The molecule has 0 aliphatic carbocycles. The molecule has 7 nitrogen and oxygen atoms in total. The van der Waals surface area contributed by atoms with Gasteiger partial charge in [-0.3, -0.25) is 10.1 Å². The van der Waals surface area contributed by atoms with E-state index < -0.39 is 11.6 Å². The Morgan fingerprint density at radius 1 is 1.09 bits per heavy atom. The van der Waals surface area contributed by atoms with Gasteiger partial charge in [0.25, 0.3) is 0 Å². The van der Waals surface area contributed by atoms with Crippen molar-refractivity contribution in [3.05, 3.63) is 59.9 Å². The SMILES string of the molecule is CNCc1cc(F)c(-c2cc3c(-c4ccc(N5CCC(O)CC5)nc4)n[nH]c3cn2)c(F)c1. The molecule has 33 heavy (non-hydrogen) atoms. The second-order valence-corrected chi connectivity index (χ2v) is 8.28. The van der Waals surface area contributed by atoms with Crippen molar-refractivity contribution >= 4 is 16.7 Å². The normalized spacial score (nSPS) is 14.8. The number of pyridine rings is 2. The topological polar surface area (TPSA) is 90.0 Å². The molecule has 0 amide bonds. The highest BCUT2D eigenvalue weighted by molar-refractivity contribution is 5.94. The van der Waals surface area contributed by atoms with Gasteiger partial charge >= 0.3 is 0 Å². The number of nitrogens with one attached hydrogen (secondary N) is 2. The summed E-state index contributed by atoms with van der Waals surface area (Å²) < 4.78 is 29.5. The smallest absolute Gasteiger partial charge is 0.135 e. The average molecular weight is 450 g/mol. The van der Waals surface area contributed by atoms with Crippen LogP contribution in [0.2, 0.25) is 0 Å². The van der Waals surface area contributed by atoms with Crippen molar-refractivity contribution < 1.29 is 13.9 Å². The Kier molecular flexibility index (Phi) is 5.74. The molecule has 1 aliphatic rings. The Balaban J connectivity index is 1.48. The van der Waals surface area contributed by atoms with E-state index in [4.69, 9.17) is 0 Å². The molecule has 0 unspecified atom stereocenters. The Morgan fingerprint density at radius 3 is 2.52 bits per heavy atom. The van der Waals surface area contributed by atoms with E-state index in [0.717, 1.165) is 37.3 Å². The number of rotatable bonds is 5. The molecule has 0 saturated carbocycles. The number of halogens is 2. The van der Waals surface area contributed by atoms with Gasteiger partial charge in [-0.2, -0.15) is 5.10 Å². The lowest BCUT2D eigenvalue weighted by Gasteiger charge is -2.30. The Morgan fingerprint density at radius 2 is 1.85 bits per heavy atom. The molecule has 0 spiro atoms.